The highest BCUT2D eigenvalue weighted by Crippen LogP contribution is 2.22. The maximum atomic E-state index is 12.1. The smallest absolute Gasteiger partial charge is 0.243 e. The van der Waals surface area contributed by atoms with E-state index in [1.54, 1.807) is 5.51 Å². The number of hydrogen-bond acceptors (Lipinski definition) is 5. The maximum Gasteiger partial charge on any atom is 0.243 e. The molecule has 102 valence electrons. The van der Waals surface area contributed by atoms with Crippen molar-refractivity contribution in [2.24, 2.45) is 0 Å². The van der Waals surface area contributed by atoms with Gasteiger partial charge in [0.25, 0.3) is 0 Å². The molecular weight excluding hydrogens is 374 g/mol. The van der Waals surface area contributed by atoms with Crippen molar-refractivity contribution < 1.29 is 8.42 Å². The number of aromatic nitrogens is 2. The minimum absolute atomic E-state index is 0.0400. The van der Waals surface area contributed by atoms with E-state index >= 15 is 0 Å². The number of halogens is 2. The Bertz CT molecular complexity index is 661. The fraction of sp³-hybridized carbons (Fsp3) is 0.200. The van der Waals surface area contributed by atoms with Crippen LogP contribution in [0.2, 0.25) is 5.15 Å². The van der Waals surface area contributed by atoms with Gasteiger partial charge in [0, 0.05) is 29.0 Å². The maximum absolute atomic E-state index is 12.1. The van der Waals surface area contributed by atoms with Crippen LogP contribution in [0.1, 0.15) is 5.69 Å². The van der Waals surface area contributed by atoms with Crippen LogP contribution in [0.5, 0.6) is 0 Å². The third-order valence-corrected chi connectivity index (χ3v) is 5.18. The summed E-state index contributed by atoms with van der Waals surface area (Å²) in [5.41, 5.74) is 2.56. The molecule has 2 rings (SSSR count). The van der Waals surface area contributed by atoms with Crippen LogP contribution in [0.25, 0.3) is 0 Å². The molecule has 0 saturated carbocycles. The van der Waals surface area contributed by atoms with Gasteiger partial charge in [0.15, 0.2) is 0 Å². The number of sulfonamides is 1. The molecule has 19 heavy (non-hydrogen) atoms. The van der Waals surface area contributed by atoms with E-state index in [9.17, 15) is 8.42 Å². The van der Waals surface area contributed by atoms with Crippen molar-refractivity contribution in [2.45, 2.75) is 11.3 Å². The molecule has 2 aromatic rings. The standard InChI is InChI=1S/C10H9BrClN3O2S2/c11-7-3-9(10(12)13-4-7)19(16,17)15-2-1-8-5-18-6-14-8/h3-6,15H,1-2H2. The van der Waals surface area contributed by atoms with Gasteiger partial charge in [-0.15, -0.1) is 11.3 Å². The second-order valence-corrected chi connectivity index (χ2v) is 7.30. The van der Waals surface area contributed by atoms with Crippen LogP contribution >= 0.6 is 38.9 Å². The highest BCUT2D eigenvalue weighted by atomic mass is 79.9. The van der Waals surface area contributed by atoms with Crippen molar-refractivity contribution in [1.29, 1.82) is 0 Å². The van der Waals surface area contributed by atoms with E-state index in [4.69, 9.17) is 11.6 Å². The van der Waals surface area contributed by atoms with Crippen molar-refractivity contribution in [2.75, 3.05) is 6.54 Å². The van der Waals surface area contributed by atoms with Crippen molar-refractivity contribution in [3.63, 3.8) is 0 Å². The molecule has 0 fully saturated rings. The third kappa shape index (κ3) is 3.96. The fourth-order valence-corrected chi connectivity index (χ4v) is 3.91. The summed E-state index contributed by atoms with van der Waals surface area (Å²) in [5.74, 6) is 0. The lowest BCUT2D eigenvalue weighted by Crippen LogP contribution is -2.26. The monoisotopic (exact) mass is 381 g/mol. The average Bonchev–Trinajstić information content (AvgIpc) is 2.85. The van der Waals surface area contributed by atoms with Gasteiger partial charge in [-0.25, -0.2) is 23.1 Å². The average molecular weight is 383 g/mol. The predicted molar refractivity (Wildman–Crippen MR) is 78.0 cm³/mol. The molecule has 0 spiro atoms. The van der Waals surface area contributed by atoms with Gasteiger partial charge in [-0.05, 0) is 22.0 Å². The lowest BCUT2D eigenvalue weighted by atomic mass is 10.3. The first kappa shape index (κ1) is 14.9. The first-order valence-electron chi connectivity index (χ1n) is 5.17. The number of pyridine rings is 1. The first-order chi connectivity index (χ1) is 8.99. The Kier molecular flexibility index (Phi) is 4.91. The van der Waals surface area contributed by atoms with E-state index in [0.29, 0.717) is 10.9 Å². The van der Waals surface area contributed by atoms with Crippen LogP contribution in [0.15, 0.2) is 32.5 Å². The van der Waals surface area contributed by atoms with Gasteiger partial charge in [0.1, 0.15) is 10.0 Å². The summed E-state index contributed by atoms with van der Waals surface area (Å²) in [6, 6.07) is 1.42. The van der Waals surface area contributed by atoms with Crippen molar-refractivity contribution in [1.82, 2.24) is 14.7 Å². The molecule has 0 aliphatic carbocycles. The van der Waals surface area contributed by atoms with E-state index in [2.05, 4.69) is 30.6 Å². The Morgan fingerprint density at radius 3 is 2.89 bits per heavy atom. The summed E-state index contributed by atoms with van der Waals surface area (Å²) in [4.78, 5) is 7.83. The van der Waals surface area contributed by atoms with Crippen molar-refractivity contribution in [3.05, 3.63) is 38.5 Å². The molecule has 0 unspecified atom stereocenters. The van der Waals surface area contributed by atoms with Crippen molar-refractivity contribution in [3.8, 4) is 0 Å². The lowest BCUT2D eigenvalue weighted by Gasteiger charge is -2.07. The van der Waals surface area contributed by atoms with E-state index in [1.807, 2.05) is 5.38 Å². The zero-order chi connectivity index (χ0) is 13.9. The number of nitrogens with one attached hydrogen (secondary N) is 1. The molecule has 9 heteroatoms. The van der Waals surface area contributed by atoms with Gasteiger partial charge < -0.3 is 0 Å². The van der Waals surface area contributed by atoms with Crippen LogP contribution in [-0.2, 0) is 16.4 Å². The Labute approximate surface area is 128 Å². The zero-order valence-corrected chi connectivity index (χ0v) is 13.5. The molecule has 0 aliphatic heterocycles. The third-order valence-electron chi connectivity index (χ3n) is 2.22. The van der Waals surface area contributed by atoms with Gasteiger partial charge in [-0.3, -0.25) is 0 Å². The Hall–Kier alpha value is -0.540. The van der Waals surface area contributed by atoms with Gasteiger partial charge in [0.2, 0.25) is 10.0 Å². The molecule has 0 bridgehead atoms. The Balaban J connectivity index is 2.07. The zero-order valence-electron chi connectivity index (χ0n) is 9.51. The highest BCUT2D eigenvalue weighted by molar-refractivity contribution is 9.10. The van der Waals surface area contributed by atoms with Crippen LogP contribution in [0.4, 0.5) is 0 Å². The molecular formula is C10H9BrClN3O2S2. The number of rotatable bonds is 5. The van der Waals surface area contributed by atoms with Crippen LogP contribution < -0.4 is 4.72 Å². The second kappa shape index (κ2) is 6.27. The summed E-state index contributed by atoms with van der Waals surface area (Å²) >= 11 is 10.4. The minimum atomic E-state index is -3.67. The van der Waals surface area contributed by atoms with Gasteiger partial charge >= 0.3 is 0 Å². The molecule has 0 aliphatic rings. The summed E-state index contributed by atoms with van der Waals surface area (Å²) in [7, 11) is -3.67. The molecule has 2 aromatic heterocycles. The molecule has 0 radical (unpaired) electrons. The number of nitrogens with zero attached hydrogens (tertiary/aromatic N) is 2. The molecule has 0 atom stereocenters. The van der Waals surface area contributed by atoms with E-state index in [-0.39, 0.29) is 16.6 Å². The van der Waals surface area contributed by atoms with Crippen LogP contribution in [0.3, 0.4) is 0 Å². The Morgan fingerprint density at radius 2 is 2.21 bits per heavy atom. The number of hydrogen-bond donors (Lipinski definition) is 1. The quantitative estimate of drug-likeness (QED) is 0.806. The van der Waals surface area contributed by atoms with E-state index in [1.165, 1.54) is 23.6 Å². The summed E-state index contributed by atoms with van der Waals surface area (Å²) in [6.07, 6.45) is 1.97. The molecule has 0 saturated heterocycles. The van der Waals surface area contributed by atoms with Crippen LogP contribution in [-0.4, -0.2) is 24.9 Å². The van der Waals surface area contributed by atoms with Gasteiger partial charge in [0.05, 0.1) is 11.2 Å². The van der Waals surface area contributed by atoms with Gasteiger partial charge in [-0.2, -0.15) is 0 Å². The minimum Gasteiger partial charge on any atom is -0.250 e. The van der Waals surface area contributed by atoms with E-state index in [0.717, 1.165) is 5.69 Å². The molecule has 1 N–H and O–H groups in total. The highest BCUT2D eigenvalue weighted by Gasteiger charge is 2.18. The SMILES string of the molecule is O=S(=O)(NCCc1cscn1)c1cc(Br)cnc1Cl. The number of thiazole rings is 1. The normalized spacial score (nSPS) is 11.7. The van der Waals surface area contributed by atoms with Gasteiger partial charge in [-0.1, -0.05) is 11.6 Å². The lowest BCUT2D eigenvalue weighted by molar-refractivity contribution is 0.581. The first-order valence-corrected chi connectivity index (χ1v) is 8.76. The van der Waals surface area contributed by atoms with E-state index < -0.39 is 10.0 Å². The second-order valence-electron chi connectivity index (χ2n) is 3.57. The largest absolute Gasteiger partial charge is 0.250 e. The molecule has 5 nitrogen and oxygen atoms in total. The molecule has 0 aromatic carbocycles. The summed E-state index contributed by atoms with van der Waals surface area (Å²) in [5, 5.41) is 1.83. The van der Waals surface area contributed by atoms with Crippen LogP contribution in [0, 0.1) is 0 Å². The molecule has 2 heterocycles. The topological polar surface area (TPSA) is 72.0 Å². The fourth-order valence-electron chi connectivity index (χ4n) is 1.34. The van der Waals surface area contributed by atoms with Crippen molar-refractivity contribution >= 4 is 48.9 Å². The summed E-state index contributed by atoms with van der Waals surface area (Å²) in [6.45, 7) is 0.259. The summed E-state index contributed by atoms with van der Waals surface area (Å²) < 4.78 is 27.1. The predicted octanol–water partition coefficient (Wildman–Crippen LogP) is 2.48. The Morgan fingerprint density at radius 1 is 1.42 bits per heavy atom. The molecule has 0 amide bonds.